The molecule has 0 aromatic rings. The van der Waals surface area contributed by atoms with E-state index in [-0.39, 0.29) is 12.0 Å². The average molecular weight is 179 g/mol. The molecule has 13 heavy (non-hydrogen) atoms. The van der Waals surface area contributed by atoms with Crippen LogP contribution in [0.25, 0.3) is 0 Å². The molecule has 0 aliphatic heterocycles. The third-order valence-corrected chi connectivity index (χ3v) is 2.60. The van der Waals surface area contributed by atoms with Crippen LogP contribution >= 0.6 is 0 Å². The maximum Gasteiger partial charge on any atom is 0.136 e. The summed E-state index contributed by atoms with van der Waals surface area (Å²) in [6.45, 7) is 1.80. The van der Waals surface area contributed by atoms with E-state index in [4.69, 9.17) is 5.73 Å². The smallest absolute Gasteiger partial charge is 0.136 e. The van der Waals surface area contributed by atoms with E-state index in [2.05, 4.69) is 11.8 Å². The maximum atomic E-state index is 11.5. The van der Waals surface area contributed by atoms with Crippen LogP contribution in [0.15, 0.2) is 0 Å². The molecular formula is C11H17NO. The van der Waals surface area contributed by atoms with Crippen molar-refractivity contribution in [2.45, 2.75) is 45.1 Å². The largest absolute Gasteiger partial charge is 0.328 e. The first-order valence-electron chi connectivity index (χ1n) is 4.92. The second kappa shape index (κ2) is 5.04. The minimum absolute atomic E-state index is 0.230. The lowest BCUT2D eigenvalue weighted by Crippen LogP contribution is -2.17. The molecule has 2 N–H and O–H groups in total. The van der Waals surface area contributed by atoms with Gasteiger partial charge in [-0.1, -0.05) is 0 Å². The molecule has 2 unspecified atom stereocenters. The Kier molecular flexibility index (Phi) is 3.98. The molecule has 1 rings (SSSR count). The summed E-state index contributed by atoms with van der Waals surface area (Å²) in [4.78, 5) is 11.5. The lowest BCUT2D eigenvalue weighted by molar-refractivity contribution is -0.122. The summed E-state index contributed by atoms with van der Waals surface area (Å²) in [7, 11) is 0. The van der Waals surface area contributed by atoms with Crippen molar-refractivity contribution in [1.82, 2.24) is 0 Å². The first kappa shape index (κ1) is 10.3. The van der Waals surface area contributed by atoms with Gasteiger partial charge in [-0.25, -0.2) is 0 Å². The van der Waals surface area contributed by atoms with Crippen LogP contribution in [-0.4, -0.2) is 11.8 Å². The zero-order valence-corrected chi connectivity index (χ0v) is 8.18. The van der Waals surface area contributed by atoms with Crippen LogP contribution in [0, 0.1) is 17.8 Å². The van der Waals surface area contributed by atoms with Crippen LogP contribution in [0.5, 0.6) is 0 Å². The Labute approximate surface area is 79.9 Å². The molecule has 1 aliphatic carbocycles. The van der Waals surface area contributed by atoms with Gasteiger partial charge in [0.05, 0.1) is 0 Å². The number of hydrogen-bond acceptors (Lipinski definition) is 2. The van der Waals surface area contributed by atoms with Crippen LogP contribution in [0.1, 0.15) is 39.0 Å². The highest BCUT2D eigenvalue weighted by Gasteiger charge is 2.26. The van der Waals surface area contributed by atoms with Crippen molar-refractivity contribution in [3.63, 3.8) is 0 Å². The van der Waals surface area contributed by atoms with E-state index in [0.29, 0.717) is 18.6 Å². The highest BCUT2D eigenvalue weighted by atomic mass is 16.1. The number of ketones is 1. The van der Waals surface area contributed by atoms with Gasteiger partial charge in [-0.3, -0.25) is 4.79 Å². The summed E-state index contributed by atoms with van der Waals surface area (Å²) in [5.74, 6) is 6.29. The van der Waals surface area contributed by atoms with E-state index in [1.165, 1.54) is 0 Å². The lowest BCUT2D eigenvalue weighted by Gasteiger charge is -2.05. The Bertz CT molecular complexity index is 236. The Balaban J connectivity index is 2.26. The molecule has 0 aromatic carbocycles. The molecule has 1 aliphatic rings. The van der Waals surface area contributed by atoms with Crippen molar-refractivity contribution >= 4 is 5.78 Å². The summed E-state index contributed by atoms with van der Waals surface area (Å²) < 4.78 is 0. The molecule has 0 amide bonds. The van der Waals surface area contributed by atoms with Gasteiger partial charge in [-0.15, -0.1) is 11.8 Å². The zero-order valence-electron chi connectivity index (χ0n) is 8.18. The molecule has 2 atom stereocenters. The van der Waals surface area contributed by atoms with Crippen molar-refractivity contribution in [2.24, 2.45) is 11.7 Å². The Morgan fingerprint density at radius 3 is 2.85 bits per heavy atom. The van der Waals surface area contributed by atoms with E-state index in [9.17, 15) is 4.79 Å². The number of nitrogens with two attached hydrogens (primary N) is 1. The third-order valence-electron chi connectivity index (χ3n) is 2.60. The Morgan fingerprint density at radius 1 is 1.54 bits per heavy atom. The van der Waals surface area contributed by atoms with Crippen molar-refractivity contribution in [3.05, 3.63) is 0 Å². The first-order valence-corrected chi connectivity index (χ1v) is 4.92. The molecule has 0 heterocycles. The van der Waals surface area contributed by atoms with Crippen LogP contribution in [0.3, 0.4) is 0 Å². The molecule has 1 saturated carbocycles. The zero-order chi connectivity index (χ0) is 9.68. The van der Waals surface area contributed by atoms with Gasteiger partial charge in [0.25, 0.3) is 0 Å². The third kappa shape index (κ3) is 3.20. The number of carbonyl (C=O) groups is 1. The fourth-order valence-electron chi connectivity index (χ4n) is 1.82. The van der Waals surface area contributed by atoms with E-state index >= 15 is 0 Å². The topological polar surface area (TPSA) is 43.1 Å². The van der Waals surface area contributed by atoms with Crippen molar-refractivity contribution in [2.75, 3.05) is 0 Å². The SMILES string of the molecule is CC#CCCC(=O)C1CCC(N)C1. The highest BCUT2D eigenvalue weighted by molar-refractivity contribution is 5.81. The quantitative estimate of drug-likeness (QED) is 0.667. The minimum Gasteiger partial charge on any atom is -0.328 e. The van der Waals surface area contributed by atoms with Gasteiger partial charge < -0.3 is 5.73 Å². The summed E-state index contributed by atoms with van der Waals surface area (Å²) in [5, 5.41) is 0. The summed E-state index contributed by atoms with van der Waals surface area (Å²) in [6, 6.07) is 0.256. The Hall–Kier alpha value is -0.810. The van der Waals surface area contributed by atoms with Crippen LogP contribution in [-0.2, 0) is 4.79 Å². The fourth-order valence-corrected chi connectivity index (χ4v) is 1.82. The van der Waals surface area contributed by atoms with Gasteiger partial charge >= 0.3 is 0 Å². The van der Waals surface area contributed by atoms with Crippen LogP contribution in [0.2, 0.25) is 0 Å². The molecular weight excluding hydrogens is 162 g/mol. The summed E-state index contributed by atoms with van der Waals surface area (Å²) in [5.41, 5.74) is 5.74. The summed E-state index contributed by atoms with van der Waals surface area (Å²) >= 11 is 0. The molecule has 2 nitrogen and oxygen atoms in total. The van der Waals surface area contributed by atoms with E-state index < -0.39 is 0 Å². The minimum atomic E-state index is 0.230. The van der Waals surface area contributed by atoms with Crippen molar-refractivity contribution in [1.29, 1.82) is 0 Å². The number of rotatable bonds is 3. The van der Waals surface area contributed by atoms with E-state index in [0.717, 1.165) is 19.3 Å². The van der Waals surface area contributed by atoms with Gasteiger partial charge in [0.2, 0.25) is 0 Å². The van der Waals surface area contributed by atoms with E-state index in [1.807, 2.05) is 0 Å². The summed E-state index contributed by atoms with van der Waals surface area (Å²) in [6.07, 6.45) is 4.20. The number of carbonyl (C=O) groups excluding carboxylic acids is 1. The van der Waals surface area contributed by atoms with Gasteiger partial charge in [-0.2, -0.15) is 0 Å². The van der Waals surface area contributed by atoms with Gasteiger partial charge in [0, 0.05) is 24.8 Å². The van der Waals surface area contributed by atoms with Gasteiger partial charge in [0.15, 0.2) is 0 Å². The molecule has 0 spiro atoms. The van der Waals surface area contributed by atoms with Crippen molar-refractivity contribution < 1.29 is 4.79 Å². The van der Waals surface area contributed by atoms with Gasteiger partial charge in [0.1, 0.15) is 5.78 Å². The monoisotopic (exact) mass is 179 g/mol. The van der Waals surface area contributed by atoms with Gasteiger partial charge in [-0.05, 0) is 26.2 Å². The molecule has 0 bridgehead atoms. The van der Waals surface area contributed by atoms with Crippen LogP contribution in [0.4, 0.5) is 0 Å². The normalized spacial score (nSPS) is 26.6. The predicted molar refractivity (Wildman–Crippen MR) is 53.0 cm³/mol. The molecule has 72 valence electrons. The first-order chi connectivity index (χ1) is 6.24. The van der Waals surface area contributed by atoms with Crippen molar-refractivity contribution in [3.8, 4) is 11.8 Å². The molecule has 2 heteroatoms. The fraction of sp³-hybridized carbons (Fsp3) is 0.727. The Morgan fingerprint density at radius 2 is 2.31 bits per heavy atom. The maximum absolute atomic E-state index is 11.5. The molecule has 0 aromatic heterocycles. The number of Topliss-reactive ketones (excluding diaryl/α,β-unsaturated/α-hetero) is 1. The average Bonchev–Trinajstić information content (AvgIpc) is 2.52. The molecule has 0 saturated heterocycles. The second-order valence-electron chi connectivity index (χ2n) is 3.66. The number of hydrogen-bond donors (Lipinski definition) is 1. The molecule has 1 fully saturated rings. The highest BCUT2D eigenvalue weighted by Crippen LogP contribution is 2.25. The predicted octanol–water partition coefficient (Wildman–Crippen LogP) is 1.49. The van der Waals surface area contributed by atoms with E-state index in [1.54, 1.807) is 6.92 Å². The molecule has 0 radical (unpaired) electrons. The second-order valence-corrected chi connectivity index (χ2v) is 3.66. The van der Waals surface area contributed by atoms with Crippen LogP contribution < -0.4 is 5.73 Å². The lowest BCUT2D eigenvalue weighted by atomic mass is 9.99. The standard InChI is InChI=1S/C11H17NO/c1-2-3-4-5-11(13)9-6-7-10(12)8-9/h9-10H,4-8,12H2,1H3.